The smallest absolute Gasteiger partial charge is 0.323 e. The molecule has 30 heavy (non-hydrogen) atoms. The molecule has 1 unspecified atom stereocenters. The second-order valence-electron chi connectivity index (χ2n) is 7.29. The van der Waals surface area contributed by atoms with Gasteiger partial charge in [-0.2, -0.15) is 0 Å². The normalized spacial score (nSPS) is 15.6. The molecular formula is C22H20ClFN2O4. The summed E-state index contributed by atoms with van der Waals surface area (Å²) in [6.07, 6.45) is 1.75. The Kier molecular flexibility index (Phi) is 5.63. The molecule has 6 nitrogen and oxygen atoms in total. The van der Waals surface area contributed by atoms with Crippen LogP contribution in [-0.2, 0) is 29.0 Å². The molecule has 156 valence electrons. The van der Waals surface area contributed by atoms with Gasteiger partial charge in [-0.3, -0.25) is 9.59 Å². The monoisotopic (exact) mass is 430 g/mol. The molecular weight excluding hydrogens is 411 g/mol. The van der Waals surface area contributed by atoms with Crippen LogP contribution < -0.4 is 10.1 Å². The van der Waals surface area contributed by atoms with E-state index >= 15 is 0 Å². The molecule has 0 fully saturated rings. The highest BCUT2D eigenvalue weighted by Crippen LogP contribution is 2.33. The average Bonchev–Trinajstić information content (AvgIpc) is 2.99. The molecule has 1 heterocycles. The van der Waals surface area contributed by atoms with Crippen molar-refractivity contribution in [1.82, 2.24) is 9.88 Å². The summed E-state index contributed by atoms with van der Waals surface area (Å²) in [4.78, 5) is 23.7. The fourth-order valence-corrected chi connectivity index (χ4v) is 4.23. The number of hydrogen-bond donors (Lipinski definition) is 2. The van der Waals surface area contributed by atoms with E-state index in [1.54, 1.807) is 34.9 Å². The summed E-state index contributed by atoms with van der Waals surface area (Å²) in [7, 11) is 0. The minimum Gasteiger partial charge on any atom is -0.482 e. The predicted molar refractivity (Wildman–Crippen MR) is 110 cm³/mol. The third-order valence-electron chi connectivity index (χ3n) is 5.28. The Morgan fingerprint density at radius 2 is 2.07 bits per heavy atom. The first kappa shape index (κ1) is 20.2. The lowest BCUT2D eigenvalue weighted by atomic mass is 9.91. The number of benzene rings is 2. The summed E-state index contributed by atoms with van der Waals surface area (Å²) in [6, 6.07) is 11.1. The molecule has 0 saturated carbocycles. The number of carbonyl (C=O) groups is 2. The summed E-state index contributed by atoms with van der Waals surface area (Å²) in [5, 5.41) is 13.3. The van der Waals surface area contributed by atoms with Crippen LogP contribution in [0.5, 0.6) is 5.75 Å². The maximum absolute atomic E-state index is 13.9. The lowest BCUT2D eigenvalue weighted by Gasteiger charge is -2.25. The third-order valence-corrected chi connectivity index (χ3v) is 5.59. The van der Waals surface area contributed by atoms with Gasteiger partial charge in [-0.05, 0) is 55.2 Å². The van der Waals surface area contributed by atoms with E-state index in [4.69, 9.17) is 16.3 Å². The first-order valence-electron chi connectivity index (χ1n) is 9.60. The number of aliphatic carboxylic acids is 1. The molecule has 1 amide bonds. The predicted octanol–water partition coefficient (Wildman–Crippen LogP) is 3.57. The van der Waals surface area contributed by atoms with E-state index in [1.807, 2.05) is 0 Å². The van der Waals surface area contributed by atoms with Gasteiger partial charge in [0.25, 0.3) is 5.91 Å². The van der Waals surface area contributed by atoms with Gasteiger partial charge < -0.3 is 19.7 Å². The van der Waals surface area contributed by atoms with Crippen molar-refractivity contribution < 1.29 is 23.8 Å². The summed E-state index contributed by atoms with van der Waals surface area (Å²) in [5.74, 6) is -1.17. The minimum atomic E-state index is -0.953. The number of fused-ring (bicyclic) bond motifs is 3. The van der Waals surface area contributed by atoms with Crippen molar-refractivity contribution in [2.45, 2.75) is 31.8 Å². The van der Waals surface area contributed by atoms with Crippen LogP contribution in [0.15, 0.2) is 42.5 Å². The van der Waals surface area contributed by atoms with Crippen LogP contribution in [0.4, 0.5) is 4.39 Å². The van der Waals surface area contributed by atoms with E-state index in [9.17, 15) is 19.1 Å². The van der Waals surface area contributed by atoms with Crippen molar-refractivity contribution in [3.05, 3.63) is 64.6 Å². The first-order valence-corrected chi connectivity index (χ1v) is 9.98. The fourth-order valence-electron chi connectivity index (χ4n) is 4.04. The zero-order chi connectivity index (χ0) is 21.3. The number of rotatable bonds is 6. The topological polar surface area (TPSA) is 80.6 Å². The van der Waals surface area contributed by atoms with E-state index in [2.05, 4.69) is 5.32 Å². The van der Waals surface area contributed by atoms with Crippen molar-refractivity contribution in [3.63, 3.8) is 0 Å². The zero-order valence-electron chi connectivity index (χ0n) is 16.0. The molecule has 1 atom stereocenters. The zero-order valence-corrected chi connectivity index (χ0v) is 16.8. The van der Waals surface area contributed by atoms with Gasteiger partial charge in [0.15, 0.2) is 6.61 Å². The summed E-state index contributed by atoms with van der Waals surface area (Å²) < 4.78 is 21.1. The SMILES string of the molecule is O=C(O)Cn1c2c(c3cc(F)ccc31)CC(NC(=O)COc1ccccc1Cl)CC2. The van der Waals surface area contributed by atoms with Gasteiger partial charge >= 0.3 is 5.97 Å². The van der Waals surface area contributed by atoms with Crippen LogP contribution >= 0.6 is 11.6 Å². The highest BCUT2D eigenvalue weighted by atomic mass is 35.5. The quantitative estimate of drug-likeness (QED) is 0.626. The first-order chi connectivity index (χ1) is 14.4. The number of hydrogen-bond acceptors (Lipinski definition) is 3. The van der Waals surface area contributed by atoms with Crippen molar-refractivity contribution in [3.8, 4) is 5.75 Å². The Balaban J connectivity index is 1.50. The van der Waals surface area contributed by atoms with E-state index < -0.39 is 5.97 Å². The molecule has 0 radical (unpaired) electrons. The van der Waals surface area contributed by atoms with Gasteiger partial charge in [0.2, 0.25) is 0 Å². The van der Waals surface area contributed by atoms with Gasteiger partial charge in [0, 0.05) is 22.6 Å². The molecule has 4 rings (SSSR count). The Morgan fingerprint density at radius 1 is 1.27 bits per heavy atom. The van der Waals surface area contributed by atoms with E-state index in [-0.39, 0.29) is 30.9 Å². The largest absolute Gasteiger partial charge is 0.482 e. The van der Waals surface area contributed by atoms with Crippen molar-refractivity contribution >= 4 is 34.4 Å². The number of nitrogens with zero attached hydrogens (tertiary/aromatic N) is 1. The number of carboxylic acid groups (broad SMARTS) is 1. The van der Waals surface area contributed by atoms with Crippen molar-refractivity contribution in [2.24, 2.45) is 0 Å². The summed E-state index contributed by atoms with van der Waals surface area (Å²) in [5.41, 5.74) is 2.46. The number of halogens is 2. The molecule has 8 heteroatoms. The fraction of sp³-hybridized carbons (Fsp3) is 0.273. The molecule has 1 aromatic heterocycles. The average molecular weight is 431 g/mol. The maximum atomic E-state index is 13.9. The van der Waals surface area contributed by atoms with Crippen LogP contribution in [0.3, 0.4) is 0 Å². The van der Waals surface area contributed by atoms with Crippen LogP contribution in [0.1, 0.15) is 17.7 Å². The van der Waals surface area contributed by atoms with E-state index in [0.29, 0.717) is 40.9 Å². The standard InChI is InChI=1S/C22H20ClFN2O4/c23-17-3-1-2-4-20(17)30-12-21(27)25-14-6-8-19-16(10-14)15-9-13(24)5-7-18(15)26(19)11-22(28)29/h1-5,7,9,14H,6,8,10-12H2,(H,25,27)(H,28,29). The number of aromatic nitrogens is 1. The van der Waals surface area contributed by atoms with E-state index in [1.165, 1.54) is 12.1 Å². The number of nitrogens with one attached hydrogen (secondary N) is 1. The molecule has 1 aliphatic carbocycles. The molecule has 2 N–H and O–H groups in total. The molecule has 3 aromatic rings. The lowest BCUT2D eigenvalue weighted by molar-refractivity contribution is -0.137. The molecule has 0 spiro atoms. The third kappa shape index (κ3) is 4.11. The number of ether oxygens (including phenoxy) is 1. The van der Waals surface area contributed by atoms with Gasteiger partial charge in [0.1, 0.15) is 18.1 Å². The van der Waals surface area contributed by atoms with E-state index in [0.717, 1.165) is 11.3 Å². The van der Waals surface area contributed by atoms with Crippen molar-refractivity contribution in [2.75, 3.05) is 6.61 Å². The molecule has 2 aromatic carbocycles. The Morgan fingerprint density at radius 3 is 2.83 bits per heavy atom. The second kappa shape index (κ2) is 8.36. The minimum absolute atomic E-state index is 0.146. The number of carboxylic acids is 1. The van der Waals surface area contributed by atoms with Gasteiger partial charge in [-0.15, -0.1) is 0 Å². The molecule has 0 aliphatic heterocycles. The summed E-state index contributed by atoms with van der Waals surface area (Å²) in [6.45, 7) is -0.345. The van der Waals surface area contributed by atoms with Gasteiger partial charge in [0.05, 0.1) is 5.02 Å². The second-order valence-corrected chi connectivity index (χ2v) is 7.70. The maximum Gasteiger partial charge on any atom is 0.323 e. The Bertz CT molecular complexity index is 1130. The molecule has 1 aliphatic rings. The Labute approximate surface area is 177 Å². The van der Waals surface area contributed by atoms with Crippen molar-refractivity contribution in [1.29, 1.82) is 0 Å². The lowest BCUT2D eigenvalue weighted by Crippen LogP contribution is -2.41. The van der Waals surface area contributed by atoms with Crippen LogP contribution in [-0.4, -0.2) is 34.2 Å². The summed E-state index contributed by atoms with van der Waals surface area (Å²) >= 11 is 6.03. The van der Waals surface area contributed by atoms with Crippen LogP contribution in [0, 0.1) is 5.82 Å². The van der Waals surface area contributed by atoms with Gasteiger partial charge in [-0.1, -0.05) is 23.7 Å². The number of carbonyl (C=O) groups excluding carboxylic acids is 1. The molecule has 0 bridgehead atoms. The Hall–Kier alpha value is -3.06. The van der Waals surface area contributed by atoms with Crippen LogP contribution in [0.25, 0.3) is 10.9 Å². The van der Waals surface area contributed by atoms with Crippen LogP contribution in [0.2, 0.25) is 5.02 Å². The number of amides is 1. The molecule has 0 saturated heterocycles. The van der Waals surface area contributed by atoms with Gasteiger partial charge in [-0.25, -0.2) is 4.39 Å². The highest BCUT2D eigenvalue weighted by molar-refractivity contribution is 6.32. The highest BCUT2D eigenvalue weighted by Gasteiger charge is 2.27. The number of para-hydroxylation sites is 1.